The Kier molecular flexibility index (Phi) is 7.08. The predicted octanol–water partition coefficient (Wildman–Crippen LogP) is 1.62. The van der Waals surface area contributed by atoms with Crippen molar-refractivity contribution in [1.82, 2.24) is 16.2 Å². The lowest BCUT2D eigenvalue weighted by atomic mass is 10.1. The van der Waals surface area contributed by atoms with Crippen molar-refractivity contribution in [3.63, 3.8) is 0 Å². The zero-order valence-corrected chi connectivity index (χ0v) is 11.9. The first-order valence-electron chi connectivity index (χ1n) is 6.28. The maximum Gasteiger partial charge on any atom is 0.238 e. The van der Waals surface area contributed by atoms with Gasteiger partial charge in [0.15, 0.2) is 0 Å². The van der Waals surface area contributed by atoms with E-state index in [9.17, 15) is 9.59 Å². The third-order valence-corrected chi connectivity index (χ3v) is 2.02. The van der Waals surface area contributed by atoms with E-state index in [4.69, 9.17) is 0 Å². The van der Waals surface area contributed by atoms with E-state index in [0.29, 0.717) is 12.1 Å². The highest BCUT2D eigenvalue weighted by Gasteiger charge is 2.14. The molecule has 0 radical (unpaired) electrons. The molecule has 0 fully saturated rings. The molecular weight excluding hydrogens is 230 g/mol. The average Bonchev–Trinajstić information content (AvgIpc) is 2.20. The summed E-state index contributed by atoms with van der Waals surface area (Å²) in [6.45, 7) is 11.4. The first-order chi connectivity index (χ1) is 8.24. The van der Waals surface area contributed by atoms with E-state index in [1.165, 1.54) is 0 Å². The Morgan fingerprint density at radius 1 is 1.11 bits per heavy atom. The standard InChI is InChI=1S/C13H25N3O2/c1-6-7-8-11(17)16-15-10(2)9-12(18)14-13(3,4)5/h15H,2,6-9H2,1,3-5H3,(H,14,18)(H,16,17). The van der Waals surface area contributed by atoms with Crippen LogP contribution in [0.4, 0.5) is 0 Å². The van der Waals surface area contributed by atoms with Crippen LogP contribution < -0.4 is 16.2 Å². The molecule has 0 rings (SSSR count). The largest absolute Gasteiger partial charge is 0.351 e. The van der Waals surface area contributed by atoms with Crippen molar-refractivity contribution in [2.24, 2.45) is 0 Å². The smallest absolute Gasteiger partial charge is 0.238 e. The summed E-state index contributed by atoms with van der Waals surface area (Å²) in [5.74, 6) is -0.211. The normalized spacial score (nSPS) is 10.7. The van der Waals surface area contributed by atoms with E-state index in [1.807, 2.05) is 27.7 Å². The molecule has 2 amide bonds. The van der Waals surface area contributed by atoms with Crippen molar-refractivity contribution in [2.45, 2.75) is 58.9 Å². The second kappa shape index (κ2) is 7.74. The zero-order valence-electron chi connectivity index (χ0n) is 11.9. The van der Waals surface area contributed by atoms with Crippen LogP contribution in [0.15, 0.2) is 12.3 Å². The third-order valence-electron chi connectivity index (χ3n) is 2.02. The van der Waals surface area contributed by atoms with Crippen LogP contribution in [-0.4, -0.2) is 17.4 Å². The fraction of sp³-hybridized carbons (Fsp3) is 0.692. The summed E-state index contributed by atoms with van der Waals surface area (Å²) in [7, 11) is 0. The Hall–Kier alpha value is -1.52. The number of hydrogen-bond donors (Lipinski definition) is 3. The van der Waals surface area contributed by atoms with Gasteiger partial charge in [0, 0.05) is 17.7 Å². The quantitative estimate of drug-likeness (QED) is 0.605. The minimum Gasteiger partial charge on any atom is -0.351 e. The summed E-state index contributed by atoms with van der Waals surface area (Å²) >= 11 is 0. The number of carbonyl (C=O) groups excluding carboxylic acids is 2. The van der Waals surface area contributed by atoms with Crippen molar-refractivity contribution in [3.8, 4) is 0 Å². The molecule has 5 heteroatoms. The predicted molar refractivity (Wildman–Crippen MR) is 72.5 cm³/mol. The summed E-state index contributed by atoms with van der Waals surface area (Å²) in [6.07, 6.45) is 2.45. The maximum atomic E-state index is 11.6. The maximum absolute atomic E-state index is 11.6. The van der Waals surface area contributed by atoms with Gasteiger partial charge in [0.1, 0.15) is 0 Å². The minimum atomic E-state index is -0.262. The lowest BCUT2D eigenvalue weighted by Crippen LogP contribution is -2.42. The SMILES string of the molecule is C=C(CC(=O)NC(C)(C)C)NNC(=O)CCCC. The van der Waals surface area contributed by atoms with Crippen molar-refractivity contribution in [1.29, 1.82) is 0 Å². The van der Waals surface area contributed by atoms with Crippen molar-refractivity contribution in [3.05, 3.63) is 12.3 Å². The van der Waals surface area contributed by atoms with Crippen molar-refractivity contribution < 1.29 is 9.59 Å². The molecule has 104 valence electrons. The zero-order chi connectivity index (χ0) is 14.2. The van der Waals surface area contributed by atoms with Crippen LogP contribution in [0.5, 0.6) is 0 Å². The summed E-state index contributed by atoms with van der Waals surface area (Å²) in [4.78, 5) is 22.9. The average molecular weight is 255 g/mol. The van der Waals surface area contributed by atoms with Crippen LogP contribution in [0, 0.1) is 0 Å². The Morgan fingerprint density at radius 2 is 1.72 bits per heavy atom. The molecule has 0 unspecified atom stereocenters. The number of hydrazine groups is 1. The van der Waals surface area contributed by atoms with Crippen molar-refractivity contribution in [2.75, 3.05) is 0 Å². The van der Waals surface area contributed by atoms with Gasteiger partial charge in [0.2, 0.25) is 11.8 Å². The highest BCUT2D eigenvalue weighted by Crippen LogP contribution is 2.01. The van der Waals surface area contributed by atoms with E-state index < -0.39 is 0 Å². The third kappa shape index (κ3) is 9.69. The van der Waals surface area contributed by atoms with Gasteiger partial charge in [-0.3, -0.25) is 15.0 Å². The van der Waals surface area contributed by atoms with E-state index in [1.54, 1.807) is 0 Å². The minimum absolute atomic E-state index is 0.0887. The Balaban J connectivity index is 3.84. The Morgan fingerprint density at radius 3 is 2.22 bits per heavy atom. The van der Waals surface area contributed by atoms with Gasteiger partial charge >= 0.3 is 0 Å². The van der Waals surface area contributed by atoms with Crippen molar-refractivity contribution >= 4 is 11.8 Å². The van der Waals surface area contributed by atoms with Gasteiger partial charge in [0.25, 0.3) is 0 Å². The lowest BCUT2D eigenvalue weighted by molar-refractivity contribution is -0.123. The molecule has 0 bridgehead atoms. The van der Waals surface area contributed by atoms with Crippen LogP contribution >= 0.6 is 0 Å². The number of rotatable bonds is 7. The highest BCUT2D eigenvalue weighted by atomic mass is 16.2. The molecule has 0 aromatic carbocycles. The van der Waals surface area contributed by atoms with Gasteiger partial charge in [-0.05, 0) is 27.2 Å². The number of amides is 2. The van der Waals surface area contributed by atoms with Gasteiger partial charge in [-0.25, -0.2) is 0 Å². The molecule has 0 aromatic heterocycles. The Labute approximate surface area is 109 Å². The summed E-state index contributed by atoms with van der Waals surface area (Å²) in [5.41, 5.74) is 5.38. The highest BCUT2D eigenvalue weighted by molar-refractivity contribution is 5.79. The second-order valence-electron chi connectivity index (χ2n) is 5.36. The molecule has 3 N–H and O–H groups in total. The topological polar surface area (TPSA) is 70.2 Å². The van der Waals surface area contributed by atoms with Crippen LogP contribution in [0.3, 0.4) is 0 Å². The van der Waals surface area contributed by atoms with Crippen LogP contribution in [0.1, 0.15) is 53.4 Å². The second-order valence-corrected chi connectivity index (χ2v) is 5.36. The van der Waals surface area contributed by atoms with E-state index in [-0.39, 0.29) is 23.8 Å². The first-order valence-corrected chi connectivity index (χ1v) is 6.28. The number of carbonyl (C=O) groups is 2. The van der Waals surface area contributed by atoms with Gasteiger partial charge < -0.3 is 10.7 Å². The number of unbranched alkanes of at least 4 members (excludes halogenated alkanes) is 1. The molecule has 0 saturated heterocycles. The molecule has 0 atom stereocenters. The fourth-order valence-electron chi connectivity index (χ4n) is 1.26. The van der Waals surface area contributed by atoms with Gasteiger partial charge in [0.05, 0.1) is 6.42 Å². The number of hydrogen-bond acceptors (Lipinski definition) is 3. The molecule has 0 saturated carbocycles. The van der Waals surface area contributed by atoms with Crippen LogP contribution in [-0.2, 0) is 9.59 Å². The lowest BCUT2D eigenvalue weighted by Gasteiger charge is -2.21. The molecule has 0 heterocycles. The Bertz CT molecular complexity index is 306. The summed E-state index contributed by atoms with van der Waals surface area (Å²) in [5, 5.41) is 2.82. The van der Waals surface area contributed by atoms with E-state index >= 15 is 0 Å². The number of nitrogens with one attached hydrogen (secondary N) is 3. The molecule has 0 spiro atoms. The molecule has 0 aliphatic carbocycles. The fourth-order valence-corrected chi connectivity index (χ4v) is 1.26. The van der Waals surface area contributed by atoms with Gasteiger partial charge in [-0.1, -0.05) is 19.9 Å². The van der Waals surface area contributed by atoms with E-state index in [2.05, 4.69) is 22.7 Å². The van der Waals surface area contributed by atoms with Crippen LogP contribution in [0.25, 0.3) is 0 Å². The molecule has 0 aliphatic heterocycles. The van der Waals surface area contributed by atoms with Gasteiger partial charge in [-0.15, -0.1) is 0 Å². The summed E-state index contributed by atoms with van der Waals surface area (Å²) in [6, 6.07) is 0. The monoisotopic (exact) mass is 255 g/mol. The van der Waals surface area contributed by atoms with Crippen LogP contribution in [0.2, 0.25) is 0 Å². The molecule has 18 heavy (non-hydrogen) atoms. The van der Waals surface area contributed by atoms with E-state index in [0.717, 1.165) is 12.8 Å². The molecule has 0 aliphatic rings. The molecular formula is C13H25N3O2. The van der Waals surface area contributed by atoms with Gasteiger partial charge in [-0.2, -0.15) is 0 Å². The summed E-state index contributed by atoms with van der Waals surface area (Å²) < 4.78 is 0. The first kappa shape index (κ1) is 16.5. The molecule has 5 nitrogen and oxygen atoms in total. The molecule has 0 aromatic rings.